The van der Waals surface area contributed by atoms with E-state index in [-0.39, 0.29) is 5.56 Å². The first-order valence-electron chi connectivity index (χ1n) is 5.73. The smallest absolute Gasteiger partial charge is 0.266 e. The number of nitrogens with zero attached hydrogens (tertiary/aromatic N) is 2. The van der Waals surface area contributed by atoms with Crippen LogP contribution in [-0.2, 0) is 6.54 Å². The number of carbonyl (C=O) groups excluding carboxylic acids is 1. The number of nitrogens with one attached hydrogen (secondary N) is 1. The second-order valence-electron chi connectivity index (χ2n) is 4.18. The molecule has 3 N–H and O–H groups in total. The van der Waals surface area contributed by atoms with Gasteiger partial charge in [-0.3, -0.25) is 20.0 Å². The molecule has 0 aliphatic heterocycles. The second kappa shape index (κ2) is 5.45. The summed E-state index contributed by atoms with van der Waals surface area (Å²) in [5.41, 5.74) is 3.95. The van der Waals surface area contributed by atoms with E-state index in [0.29, 0.717) is 17.8 Å². The summed E-state index contributed by atoms with van der Waals surface area (Å²) in [5, 5.41) is 0. The average molecular weight is 258 g/mol. The molecular weight excluding hydrogens is 244 g/mol. The maximum atomic E-state index is 11.7. The molecule has 2 aromatic heterocycles. The Kier molecular flexibility index (Phi) is 3.72. The van der Waals surface area contributed by atoms with E-state index < -0.39 is 5.91 Å². The number of hydrazine groups is 1. The minimum atomic E-state index is -0.397. The molecule has 0 saturated heterocycles. The lowest BCUT2D eigenvalue weighted by Gasteiger charge is -2.06. The fraction of sp³-hybridized carbons (Fsp3) is 0.154. The molecule has 0 spiro atoms. The lowest BCUT2D eigenvalue weighted by Crippen LogP contribution is -2.30. The highest BCUT2D eigenvalue weighted by molar-refractivity contribution is 5.93. The average Bonchev–Trinajstić information content (AvgIpc) is 2.42. The third-order valence-electron chi connectivity index (χ3n) is 2.70. The van der Waals surface area contributed by atoms with Crippen molar-refractivity contribution in [2.24, 2.45) is 5.84 Å². The van der Waals surface area contributed by atoms with Gasteiger partial charge in [0.1, 0.15) is 0 Å². The molecule has 6 heteroatoms. The van der Waals surface area contributed by atoms with Gasteiger partial charge in [0.25, 0.3) is 11.5 Å². The molecule has 0 saturated carbocycles. The van der Waals surface area contributed by atoms with E-state index in [1.54, 1.807) is 29.0 Å². The fourth-order valence-electron chi connectivity index (χ4n) is 1.65. The number of hydrogen-bond donors (Lipinski definition) is 2. The molecule has 98 valence electrons. The minimum Gasteiger partial charge on any atom is -0.310 e. The van der Waals surface area contributed by atoms with Crippen molar-refractivity contribution in [3.63, 3.8) is 0 Å². The second-order valence-corrected chi connectivity index (χ2v) is 4.18. The van der Waals surface area contributed by atoms with Crippen molar-refractivity contribution in [1.82, 2.24) is 15.0 Å². The molecule has 6 nitrogen and oxygen atoms in total. The molecule has 0 aromatic carbocycles. The zero-order valence-corrected chi connectivity index (χ0v) is 10.5. The summed E-state index contributed by atoms with van der Waals surface area (Å²) in [6, 6.07) is 6.73. The first kappa shape index (κ1) is 13.0. The molecule has 19 heavy (non-hydrogen) atoms. The zero-order chi connectivity index (χ0) is 13.8. The maximum Gasteiger partial charge on any atom is 0.266 e. The molecule has 2 heterocycles. The zero-order valence-electron chi connectivity index (χ0n) is 10.5. The summed E-state index contributed by atoms with van der Waals surface area (Å²) in [5.74, 6) is 4.63. The van der Waals surface area contributed by atoms with Gasteiger partial charge in [0, 0.05) is 18.5 Å². The van der Waals surface area contributed by atoms with E-state index in [1.165, 1.54) is 6.20 Å². The van der Waals surface area contributed by atoms with E-state index in [4.69, 9.17) is 5.84 Å². The number of pyridine rings is 2. The topological polar surface area (TPSA) is 90.0 Å². The summed E-state index contributed by atoms with van der Waals surface area (Å²) in [6.07, 6.45) is 3.15. The predicted molar refractivity (Wildman–Crippen MR) is 70.4 cm³/mol. The summed E-state index contributed by atoms with van der Waals surface area (Å²) in [6.45, 7) is 2.23. The van der Waals surface area contributed by atoms with Gasteiger partial charge in [0.15, 0.2) is 0 Å². The Morgan fingerprint density at radius 2 is 2.21 bits per heavy atom. The van der Waals surface area contributed by atoms with Crippen molar-refractivity contribution in [3.8, 4) is 0 Å². The summed E-state index contributed by atoms with van der Waals surface area (Å²) >= 11 is 0. The van der Waals surface area contributed by atoms with Gasteiger partial charge in [-0.1, -0.05) is 0 Å². The van der Waals surface area contributed by atoms with Crippen LogP contribution in [0.4, 0.5) is 0 Å². The van der Waals surface area contributed by atoms with Crippen molar-refractivity contribution in [2.75, 3.05) is 0 Å². The predicted octanol–water partition coefficient (Wildman–Crippen LogP) is 0.204. The van der Waals surface area contributed by atoms with Gasteiger partial charge in [0.2, 0.25) is 0 Å². The molecule has 0 atom stereocenters. The number of nitrogens with two attached hydrogens (primary N) is 1. The van der Waals surface area contributed by atoms with Crippen molar-refractivity contribution in [3.05, 3.63) is 63.8 Å². The van der Waals surface area contributed by atoms with Crippen LogP contribution < -0.4 is 16.8 Å². The SMILES string of the molecule is Cc1ccn(Cc2ccc(C(=O)NN)cn2)c(=O)c1. The quantitative estimate of drug-likeness (QED) is 0.467. The maximum absolute atomic E-state index is 11.7. The lowest BCUT2D eigenvalue weighted by molar-refractivity contribution is 0.0953. The monoisotopic (exact) mass is 258 g/mol. The Morgan fingerprint density at radius 3 is 2.79 bits per heavy atom. The Labute approximate surface area is 109 Å². The van der Waals surface area contributed by atoms with Crippen molar-refractivity contribution in [2.45, 2.75) is 13.5 Å². The minimum absolute atomic E-state index is 0.0782. The molecular formula is C13H14N4O2. The number of aryl methyl sites for hydroxylation is 1. The summed E-state index contributed by atoms with van der Waals surface area (Å²) in [4.78, 5) is 27.1. The Morgan fingerprint density at radius 1 is 1.42 bits per heavy atom. The van der Waals surface area contributed by atoms with E-state index >= 15 is 0 Å². The van der Waals surface area contributed by atoms with E-state index in [1.807, 2.05) is 18.4 Å². The van der Waals surface area contributed by atoms with Crippen LogP contribution >= 0.6 is 0 Å². The Hall–Kier alpha value is -2.47. The normalized spacial score (nSPS) is 10.2. The first-order chi connectivity index (χ1) is 9.10. The number of carbonyl (C=O) groups is 1. The van der Waals surface area contributed by atoms with E-state index in [2.05, 4.69) is 4.98 Å². The van der Waals surface area contributed by atoms with E-state index in [9.17, 15) is 9.59 Å². The van der Waals surface area contributed by atoms with Gasteiger partial charge in [-0.2, -0.15) is 0 Å². The third-order valence-corrected chi connectivity index (χ3v) is 2.70. The molecule has 0 fully saturated rings. The van der Waals surface area contributed by atoms with Gasteiger partial charge >= 0.3 is 0 Å². The van der Waals surface area contributed by atoms with Crippen LogP contribution in [0, 0.1) is 6.92 Å². The van der Waals surface area contributed by atoms with Crippen LogP contribution in [0.15, 0.2) is 41.5 Å². The van der Waals surface area contributed by atoms with Crippen molar-refractivity contribution < 1.29 is 4.79 Å². The standard InChI is InChI=1S/C13H14N4O2/c1-9-4-5-17(12(18)6-9)8-11-3-2-10(7-15-11)13(19)16-14/h2-7H,8,14H2,1H3,(H,16,19). The van der Waals surface area contributed by atoms with Crippen molar-refractivity contribution >= 4 is 5.91 Å². The molecule has 0 aliphatic carbocycles. The van der Waals surface area contributed by atoms with Gasteiger partial charge in [-0.05, 0) is 30.7 Å². The van der Waals surface area contributed by atoms with Crippen LogP contribution in [0.5, 0.6) is 0 Å². The third kappa shape index (κ3) is 3.05. The number of amides is 1. The van der Waals surface area contributed by atoms with Gasteiger partial charge < -0.3 is 4.57 Å². The van der Waals surface area contributed by atoms with Crippen LogP contribution in [-0.4, -0.2) is 15.5 Å². The fourth-order valence-corrected chi connectivity index (χ4v) is 1.65. The highest BCUT2D eigenvalue weighted by Crippen LogP contribution is 2.02. The van der Waals surface area contributed by atoms with Crippen LogP contribution in [0.2, 0.25) is 0 Å². The molecule has 0 bridgehead atoms. The number of hydrogen-bond acceptors (Lipinski definition) is 4. The van der Waals surface area contributed by atoms with Gasteiger partial charge in [0.05, 0.1) is 17.8 Å². The first-order valence-corrected chi connectivity index (χ1v) is 5.73. The lowest BCUT2D eigenvalue weighted by atomic mass is 10.2. The number of aromatic nitrogens is 2. The molecule has 0 aliphatic rings. The Bertz CT molecular complexity index is 646. The van der Waals surface area contributed by atoms with Crippen LogP contribution in [0.1, 0.15) is 21.6 Å². The highest BCUT2D eigenvalue weighted by atomic mass is 16.2. The van der Waals surface area contributed by atoms with Gasteiger partial charge in [-0.25, -0.2) is 5.84 Å². The molecule has 2 rings (SSSR count). The molecule has 0 radical (unpaired) electrons. The summed E-state index contributed by atoms with van der Waals surface area (Å²) < 4.78 is 1.55. The number of rotatable bonds is 3. The molecule has 0 unspecified atom stereocenters. The van der Waals surface area contributed by atoms with Crippen molar-refractivity contribution in [1.29, 1.82) is 0 Å². The summed E-state index contributed by atoms with van der Waals surface area (Å²) in [7, 11) is 0. The molecule has 1 amide bonds. The van der Waals surface area contributed by atoms with Crippen LogP contribution in [0.25, 0.3) is 0 Å². The Balaban J connectivity index is 2.20. The van der Waals surface area contributed by atoms with E-state index in [0.717, 1.165) is 5.56 Å². The highest BCUT2D eigenvalue weighted by Gasteiger charge is 2.04. The van der Waals surface area contributed by atoms with Gasteiger partial charge in [-0.15, -0.1) is 0 Å². The largest absolute Gasteiger partial charge is 0.310 e. The number of nitrogen functional groups attached to an aromatic ring is 1. The van der Waals surface area contributed by atoms with Crippen LogP contribution in [0.3, 0.4) is 0 Å². The molecule has 2 aromatic rings.